The van der Waals surface area contributed by atoms with Crippen LogP contribution in [0.2, 0.25) is 0 Å². The molecular weight excluding hydrogens is 522 g/mol. The van der Waals surface area contributed by atoms with Gasteiger partial charge in [0, 0.05) is 31.0 Å². The number of aliphatic hydroxyl groups excluding tert-OH is 1. The van der Waals surface area contributed by atoms with Crippen LogP contribution in [0.5, 0.6) is 0 Å². The Kier molecular flexibility index (Phi) is 17.6. The van der Waals surface area contributed by atoms with Crippen molar-refractivity contribution in [1.29, 1.82) is 0 Å². The van der Waals surface area contributed by atoms with E-state index in [0.717, 1.165) is 36.5 Å². The first-order valence-corrected chi connectivity index (χ1v) is 16.4. The number of carbonyl (C=O) groups is 2. The van der Waals surface area contributed by atoms with Crippen LogP contribution in [-0.4, -0.2) is 53.6 Å². The second-order valence-corrected chi connectivity index (χ2v) is 12.6. The fourth-order valence-corrected chi connectivity index (χ4v) is 5.29. The molecule has 2 atom stereocenters. The second kappa shape index (κ2) is 19.7. The number of unbranched alkanes of at least 4 members (excludes halogenated alkanes) is 2. The Labute approximate surface area is 257 Å². The summed E-state index contributed by atoms with van der Waals surface area (Å²) < 4.78 is 0. The molecular formula is C36H61N3O3. The van der Waals surface area contributed by atoms with Crippen molar-refractivity contribution in [1.82, 2.24) is 4.90 Å². The van der Waals surface area contributed by atoms with Crippen LogP contribution in [0.4, 0.5) is 0 Å². The molecule has 1 aromatic carbocycles. The van der Waals surface area contributed by atoms with Gasteiger partial charge in [-0.25, -0.2) is 0 Å². The Balaban J connectivity index is 0.000000362. The lowest BCUT2D eigenvalue weighted by atomic mass is 10.1. The lowest BCUT2D eigenvalue weighted by Crippen LogP contribution is -2.36. The molecule has 0 radical (unpaired) electrons. The molecule has 3 N–H and O–H groups in total. The number of amides is 1. The number of Topliss-reactive ketones (excluding diaryl/α,β-unsaturated/α-hetero) is 1. The molecule has 3 fully saturated rings. The average Bonchev–Trinajstić information content (AvgIpc) is 3.28. The zero-order chi connectivity index (χ0) is 31.8. The second-order valence-electron chi connectivity index (χ2n) is 12.6. The van der Waals surface area contributed by atoms with E-state index in [1.165, 1.54) is 55.7 Å². The Morgan fingerprint density at radius 2 is 1.57 bits per heavy atom. The standard InChI is InChI=1S/C16H23N3O3.C9H12.C7H16.C4H10/c1-9(21)5-18-14-4-2-3-10(14)15(17)16(22)19-6-11-12(7-19)13(11)8-20;1-7-5-4-6-8(2)9(7)3;1-4-5-6-7(2)3;1-3-4-2/h11-13,20H,2-8,17H2,1H3;4-6H,1-3H3;7H,4-6H2,1-3H3;3-4H2,1-2H3/b15-10-,18-14?;;;. The summed E-state index contributed by atoms with van der Waals surface area (Å²) in [6, 6.07) is 6.38. The predicted octanol–water partition coefficient (Wildman–Crippen LogP) is 7.36. The van der Waals surface area contributed by atoms with Crippen LogP contribution >= 0.6 is 0 Å². The van der Waals surface area contributed by atoms with Crippen molar-refractivity contribution < 1.29 is 14.7 Å². The number of aliphatic hydroxyl groups is 1. The van der Waals surface area contributed by atoms with Crippen molar-refractivity contribution in [2.45, 2.75) is 114 Å². The third-order valence-corrected chi connectivity index (χ3v) is 8.62. The number of fused-ring (bicyclic) bond motifs is 1. The van der Waals surface area contributed by atoms with Gasteiger partial charge in [0.1, 0.15) is 5.70 Å². The maximum atomic E-state index is 12.5. The quantitative estimate of drug-likeness (QED) is 0.313. The molecule has 0 bridgehead atoms. The number of allylic oxidation sites excluding steroid dienone is 1. The first kappa shape index (κ1) is 37.6. The van der Waals surface area contributed by atoms with Gasteiger partial charge >= 0.3 is 0 Å². The zero-order valence-electron chi connectivity index (χ0n) is 28.3. The number of likely N-dealkylation sites (tertiary alicyclic amines) is 1. The number of aliphatic imine (C=N–C) groups is 1. The fourth-order valence-electron chi connectivity index (χ4n) is 5.29. The lowest BCUT2D eigenvalue weighted by Gasteiger charge is -2.20. The summed E-state index contributed by atoms with van der Waals surface area (Å²) in [4.78, 5) is 29.7. The molecule has 2 unspecified atom stereocenters. The maximum Gasteiger partial charge on any atom is 0.270 e. The topological polar surface area (TPSA) is 96.0 Å². The summed E-state index contributed by atoms with van der Waals surface area (Å²) >= 11 is 0. The van der Waals surface area contributed by atoms with E-state index in [9.17, 15) is 14.7 Å². The molecule has 238 valence electrons. The van der Waals surface area contributed by atoms with E-state index in [2.05, 4.69) is 78.6 Å². The number of hydrogen-bond donors (Lipinski definition) is 2. The largest absolute Gasteiger partial charge is 0.396 e. The number of piperidine rings is 1. The SMILES string of the molecule is CC(=O)CN=C1CCC/C1=C(/N)C(=O)N1CC2C(CO)C2C1.CCCC.CCCCC(C)C.Cc1cccc(C)c1C. The first-order valence-electron chi connectivity index (χ1n) is 16.4. The Morgan fingerprint density at radius 1 is 1.00 bits per heavy atom. The number of aryl methyl sites for hydroxylation is 2. The van der Waals surface area contributed by atoms with E-state index in [1.54, 1.807) is 4.90 Å². The summed E-state index contributed by atoms with van der Waals surface area (Å²) in [5, 5.41) is 9.18. The van der Waals surface area contributed by atoms with Gasteiger partial charge in [0.05, 0.1) is 6.54 Å². The van der Waals surface area contributed by atoms with Crippen LogP contribution in [-0.2, 0) is 9.59 Å². The van der Waals surface area contributed by atoms with Crippen LogP contribution in [0.1, 0.15) is 110 Å². The Hall–Kier alpha value is -2.47. The highest BCUT2D eigenvalue weighted by molar-refractivity contribution is 6.09. The van der Waals surface area contributed by atoms with Crippen LogP contribution in [0.15, 0.2) is 34.5 Å². The number of rotatable bonds is 8. The van der Waals surface area contributed by atoms with E-state index < -0.39 is 0 Å². The van der Waals surface area contributed by atoms with Crippen LogP contribution in [0.25, 0.3) is 0 Å². The third-order valence-electron chi connectivity index (χ3n) is 8.62. The molecule has 1 aliphatic heterocycles. The van der Waals surface area contributed by atoms with E-state index >= 15 is 0 Å². The van der Waals surface area contributed by atoms with Crippen molar-refractivity contribution in [3.63, 3.8) is 0 Å². The summed E-state index contributed by atoms with van der Waals surface area (Å²) in [6.45, 7) is 20.9. The molecule has 2 aliphatic carbocycles. The van der Waals surface area contributed by atoms with E-state index in [4.69, 9.17) is 5.73 Å². The molecule has 3 aliphatic rings. The number of hydrogen-bond acceptors (Lipinski definition) is 5. The summed E-state index contributed by atoms with van der Waals surface area (Å²) in [5.41, 5.74) is 12.2. The molecule has 1 amide bonds. The molecule has 1 heterocycles. The number of nitrogens with zero attached hydrogens (tertiary/aromatic N) is 2. The van der Waals surface area contributed by atoms with Crippen molar-refractivity contribution in [2.75, 3.05) is 26.2 Å². The van der Waals surface area contributed by atoms with Gasteiger partial charge in [-0.2, -0.15) is 0 Å². The molecule has 1 saturated heterocycles. The number of benzene rings is 1. The number of ketones is 1. The van der Waals surface area contributed by atoms with E-state index in [-0.39, 0.29) is 24.8 Å². The predicted molar refractivity (Wildman–Crippen MR) is 178 cm³/mol. The van der Waals surface area contributed by atoms with Gasteiger partial charge in [-0.05, 0) is 87.3 Å². The average molecular weight is 584 g/mol. The van der Waals surface area contributed by atoms with Gasteiger partial charge in [-0.3, -0.25) is 14.6 Å². The van der Waals surface area contributed by atoms with Crippen LogP contribution in [0, 0.1) is 44.4 Å². The molecule has 2 saturated carbocycles. The van der Waals surface area contributed by atoms with Gasteiger partial charge in [-0.15, -0.1) is 0 Å². The minimum Gasteiger partial charge on any atom is -0.396 e. The molecule has 4 rings (SSSR count). The summed E-state index contributed by atoms with van der Waals surface area (Å²) in [6.07, 6.45) is 9.26. The lowest BCUT2D eigenvalue weighted by molar-refractivity contribution is -0.127. The molecule has 42 heavy (non-hydrogen) atoms. The summed E-state index contributed by atoms with van der Waals surface area (Å²) in [7, 11) is 0. The molecule has 0 aromatic heterocycles. The monoisotopic (exact) mass is 583 g/mol. The van der Waals surface area contributed by atoms with Gasteiger partial charge in [0.2, 0.25) is 0 Å². The normalized spacial score (nSPS) is 22.3. The smallest absolute Gasteiger partial charge is 0.270 e. The van der Waals surface area contributed by atoms with Gasteiger partial charge in [-0.1, -0.05) is 84.9 Å². The minimum absolute atomic E-state index is 0.0123. The molecule has 6 heteroatoms. The zero-order valence-corrected chi connectivity index (χ0v) is 28.3. The Morgan fingerprint density at radius 3 is 1.98 bits per heavy atom. The highest BCUT2D eigenvalue weighted by Gasteiger charge is 2.56. The molecule has 0 spiro atoms. The van der Waals surface area contributed by atoms with Crippen molar-refractivity contribution in [3.05, 3.63) is 46.2 Å². The van der Waals surface area contributed by atoms with Crippen molar-refractivity contribution in [2.24, 2.45) is 34.4 Å². The Bertz CT molecular complexity index is 1010. The number of carbonyl (C=O) groups excluding carboxylic acids is 2. The maximum absolute atomic E-state index is 12.5. The van der Waals surface area contributed by atoms with Gasteiger partial charge in [0.25, 0.3) is 5.91 Å². The molecule has 1 aromatic rings. The van der Waals surface area contributed by atoms with Crippen molar-refractivity contribution >= 4 is 17.4 Å². The van der Waals surface area contributed by atoms with Crippen molar-refractivity contribution in [3.8, 4) is 0 Å². The third kappa shape index (κ3) is 12.4. The number of nitrogens with two attached hydrogens (primary N) is 1. The van der Waals surface area contributed by atoms with Gasteiger partial charge < -0.3 is 15.7 Å². The fraction of sp³-hybridized carbons (Fsp3) is 0.694. The van der Waals surface area contributed by atoms with E-state index in [1.807, 2.05) is 0 Å². The molecule has 6 nitrogen and oxygen atoms in total. The highest BCUT2D eigenvalue weighted by atomic mass is 16.3. The van der Waals surface area contributed by atoms with Gasteiger partial charge in [0.15, 0.2) is 5.78 Å². The van der Waals surface area contributed by atoms with Crippen LogP contribution < -0.4 is 5.73 Å². The first-order chi connectivity index (χ1) is 19.9. The highest BCUT2D eigenvalue weighted by Crippen LogP contribution is 2.51. The summed E-state index contributed by atoms with van der Waals surface area (Å²) in [5.74, 6) is 2.06. The van der Waals surface area contributed by atoms with E-state index in [0.29, 0.717) is 36.5 Å². The minimum atomic E-state index is -0.115. The van der Waals surface area contributed by atoms with Crippen LogP contribution in [0.3, 0.4) is 0 Å².